The molecule has 0 bridgehead atoms. The van der Waals surface area contributed by atoms with E-state index in [1.165, 1.54) is 12.1 Å². The first-order valence-corrected chi connectivity index (χ1v) is 13.6. The van der Waals surface area contributed by atoms with E-state index >= 15 is 0 Å². The molecule has 1 aromatic heterocycles. The number of nitrogen functional groups attached to an aromatic ring is 1. The first-order chi connectivity index (χ1) is 19.6. The molecule has 7 N–H and O–H groups in total. The number of carbonyl (C=O) groups is 4. The number of unbranched alkanes of at least 4 members (excludes halogenated alkanes) is 2. The van der Waals surface area contributed by atoms with Crippen LogP contribution in [0.15, 0.2) is 42.5 Å². The summed E-state index contributed by atoms with van der Waals surface area (Å²) < 4.78 is 13.8. The minimum Gasteiger partial charge on any atom is -0.397 e. The summed E-state index contributed by atoms with van der Waals surface area (Å²) in [5.74, 6) is -2.04. The average Bonchev–Trinajstić information content (AvgIpc) is 3.39. The lowest BCUT2D eigenvalue weighted by molar-refractivity contribution is -0.120. The lowest BCUT2D eigenvalue weighted by Crippen LogP contribution is -2.37. The SMILES string of the molecule is Cc1[nH]c(CC2C(=O)Nc3ccc(F)cc32)c(C)c1C(=O)NCC(=O)NCCCCCC(=O)Nc1ccccc1N. The smallest absolute Gasteiger partial charge is 0.253 e. The summed E-state index contributed by atoms with van der Waals surface area (Å²) in [5.41, 5.74) is 10.5. The standard InChI is InChI=1S/C30H35FN6O4/c1-17-25(15-21-20-14-19(31)11-12-23(20)37-29(21)40)35-18(2)28(17)30(41)34-16-27(39)33-13-7-3-4-10-26(38)36-24-9-6-5-8-22(24)32/h5-6,8-9,11-12,14,21,35H,3-4,7,10,13,15-16,32H2,1-2H3,(H,33,39)(H,34,41)(H,36,38)(H,37,40). The van der Waals surface area contributed by atoms with Gasteiger partial charge in [0.05, 0.1) is 29.4 Å². The highest BCUT2D eigenvalue weighted by Gasteiger charge is 2.32. The van der Waals surface area contributed by atoms with Crippen molar-refractivity contribution in [1.29, 1.82) is 0 Å². The number of nitrogens with one attached hydrogen (secondary N) is 5. The van der Waals surface area contributed by atoms with Gasteiger partial charge in [0.25, 0.3) is 5.91 Å². The second-order valence-corrected chi connectivity index (χ2v) is 10.2. The van der Waals surface area contributed by atoms with Gasteiger partial charge in [-0.1, -0.05) is 18.6 Å². The summed E-state index contributed by atoms with van der Waals surface area (Å²) in [5, 5.41) is 11.0. The van der Waals surface area contributed by atoms with E-state index in [-0.39, 0.29) is 30.7 Å². The zero-order valence-corrected chi connectivity index (χ0v) is 23.2. The number of amides is 4. The first kappa shape index (κ1) is 29.3. The Balaban J connectivity index is 1.18. The van der Waals surface area contributed by atoms with Crippen LogP contribution in [0.5, 0.6) is 0 Å². The maximum absolute atomic E-state index is 13.8. The van der Waals surface area contributed by atoms with Gasteiger partial charge in [0.1, 0.15) is 5.82 Å². The summed E-state index contributed by atoms with van der Waals surface area (Å²) in [6.45, 7) is 3.78. The number of nitrogens with two attached hydrogens (primary N) is 1. The fraction of sp³-hybridized carbons (Fsp3) is 0.333. The second-order valence-electron chi connectivity index (χ2n) is 10.2. The van der Waals surface area contributed by atoms with Crippen molar-refractivity contribution in [3.05, 3.63) is 76.4 Å². The van der Waals surface area contributed by atoms with Crippen LogP contribution in [-0.4, -0.2) is 41.7 Å². The van der Waals surface area contributed by atoms with Gasteiger partial charge >= 0.3 is 0 Å². The maximum Gasteiger partial charge on any atom is 0.253 e. The van der Waals surface area contributed by atoms with E-state index in [1.54, 1.807) is 44.2 Å². The number of halogens is 1. The Kier molecular flexibility index (Phi) is 9.38. The minimum atomic E-state index is -0.573. The molecule has 11 heteroatoms. The van der Waals surface area contributed by atoms with Crippen molar-refractivity contribution in [2.75, 3.05) is 29.5 Å². The van der Waals surface area contributed by atoms with Crippen molar-refractivity contribution in [3.8, 4) is 0 Å². The molecule has 0 fully saturated rings. The third kappa shape index (κ3) is 7.30. The molecule has 0 aliphatic carbocycles. The molecule has 0 spiro atoms. The molecule has 1 atom stereocenters. The number of para-hydroxylation sites is 2. The summed E-state index contributed by atoms with van der Waals surface area (Å²) in [6, 6.07) is 11.3. The highest BCUT2D eigenvalue weighted by Crippen LogP contribution is 2.36. The molecule has 2 heterocycles. The van der Waals surface area contributed by atoms with Gasteiger partial charge < -0.3 is 32.0 Å². The fourth-order valence-electron chi connectivity index (χ4n) is 5.01. The third-order valence-corrected chi connectivity index (χ3v) is 7.19. The number of rotatable bonds is 12. The van der Waals surface area contributed by atoms with Gasteiger partial charge in [-0.25, -0.2) is 4.39 Å². The largest absolute Gasteiger partial charge is 0.397 e. The summed E-state index contributed by atoms with van der Waals surface area (Å²) in [7, 11) is 0. The normalized spacial score (nSPS) is 13.8. The number of anilines is 3. The Bertz CT molecular complexity index is 1470. The van der Waals surface area contributed by atoms with Crippen LogP contribution in [-0.2, 0) is 20.8 Å². The van der Waals surface area contributed by atoms with E-state index in [0.29, 0.717) is 70.9 Å². The Morgan fingerprint density at radius 1 is 1.00 bits per heavy atom. The van der Waals surface area contributed by atoms with Gasteiger partial charge in [-0.05, 0) is 68.1 Å². The molecular weight excluding hydrogens is 527 g/mol. The molecule has 0 radical (unpaired) electrons. The predicted octanol–water partition coefficient (Wildman–Crippen LogP) is 3.68. The number of aromatic amines is 1. The van der Waals surface area contributed by atoms with E-state index in [2.05, 4.69) is 26.3 Å². The fourth-order valence-corrected chi connectivity index (χ4v) is 5.01. The molecule has 0 saturated carbocycles. The van der Waals surface area contributed by atoms with Crippen molar-refractivity contribution >= 4 is 40.7 Å². The molecule has 3 aromatic rings. The summed E-state index contributed by atoms with van der Waals surface area (Å²) >= 11 is 0. The van der Waals surface area contributed by atoms with Gasteiger partial charge in [-0.2, -0.15) is 0 Å². The predicted molar refractivity (Wildman–Crippen MR) is 155 cm³/mol. The van der Waals surface area contributed by atoms with Crippen LogP contribution in [0, 0.1) is 19.7 Å². The number of fused-ring (bicyclic) bond motifs is 1. The molecule has 41 heavy (non-hydrogen) atoms. The molecule has 4 rings (SSSR count). The average molecular weight is 563 g/mol. The number of aromatic nitrogens is 1. The van der Waals surface area contributed by atoms with Crippen molar-refractivity contribution in [2.45, 2.75) is 51.9 Å². The molecule has 216 valence electrons. The second kappa shape index (κ2) is 13.1. The molecular formula is C30H35FN6O4. The van der Waals surface area contributed by atoms with Gasteiger partial charge in [0.2, 0.25) is 17.7 Å². The Hall–Kier alpha value is -4.67. The zero-order valence-electron chi connectivity index (χ0n) is 23.2. The highest BCUT2D eigenvalue weighted by molar-refractivity contribution is 6.03. The number of aryl methyl sites for hydroxylation is 1. The van der Waals surface area contributed by atoms with E-state index in [0.717, 1.165) is 6.42 Å². The number of H-pyrrole nitrogens is 1. The third-order valence-electron chi connectivity index (χ3n) is 7.19. The summed E-state index contributed by atoms with van der Waals surface area (Å²) in [6.07, 6.45) is 2.75. The van der Waals surface area contributed by atoms with Crippen LogP contribution in [0.3, 0.4) is 0 Å². The lowest BCUT2D eigenvalue weighted by Gasteiger charge is -2.10. The van der Waals surface area contributed by atoms with Gasteiger partial charge in [-0.3, -0.25) is 19.2 Å². The van der Waals surface area contributed by atoms with Gasteiger partial charge in [0.15, 0.2) is 0 Å². The maximum atomic E-state index is 13.8. The van der Waals surface area contributed by atoms with Crippen molar-refractivity contribution in [2.24, 2.45) is 0 Å². The quantitative estimate of drug-likeness (QED) is 0.147. The number of hydrogen-bond acceptors (Lipinski definition) is 5. The van der Waals surface area contributed by atoms with Gasteiger partial charge in [-0.15, -0.1) is 0 Å². The molecule has 4 amide bonds. The van der Waals surface area contributed by atoms with Crippen molar-refractivity contribution < 1.29 is 23.6 Å². The molecule has 0 saturated heterocycles. The Labute approximate surface area is 237 Å². The van der Waals surface area contributed by atoms with E-state index in [9.17, 15) is 23.6 Å². The number of benzene rings is 2. The van der Waals surface area contributed by atoms with Crippen LogP contribution in [0.25, 0.3) is 0 Å². The molecule has 1 aliphatic rings. The number of hydrogen-bond donors (Lipinski definition) is 6. The van der Waals surface area contributed by atoms with Crippen LogP contribution < -0.4 is 27.0 Å². The molecule has 2 aromatic carbocycles. The number of carbonyl (C=O) groups excluding carboxylic acids is 4. The Morgan fingerprint density at radius 3 is 2.56 bits per heavy atom. The van der Waals surface area contributed by atoms with E-state index in [1.807, 2.05) is 0 Å². The van der Waals surface area contributed by atoms with Crippen LogP contribution in [0.4, 0.5) is 21.5 Å². The summed E-state index contributed by atoms with van der Waals surface area (Å²) in [4.78, 5) is 52.9. The zero-order chi connectivity index (χ0) is 29.5. The highest BCUT2D eigenvalue weighted by atomic mass is 19.1. The monoisotopic (exact) mass is 562 g/mol. The molecule has 1 unspecified atom stereocenters. The van der Waals surface area contributed by atoms with Gasteiger partial charge in [0, 0.05) is 36.5 Å². The molecule has 1 aliphatic heterocycles. The van der Waals surface area contributed by atoms with Crippen molar-refractivity contribution in [1.82, 2.24) is 15.6 Å². The molecule has 10 nitrogen and oxygen atoms in total. The van der Waals surface area contributed by atoms with Crippen LogP contribution in [0.2, 0.25) is 0 Å². The topological polar surface area (TPSA) is 158 Å². The first-order valence-electron chi connectivity index (χ1n) is 13.6. The lowest BCUT2D eigenvalue weighted by atomic mass is 9.94. The van der Waals surface area contributed by atoms with E-state index in [4.69, 9.17) is 5.73 Å². The van der Waals surface area contributed by atoms with Crippen LogP contribution >= 0.6 is 0 Å². The minimum absolute atomic E-state index is 0.113. The van der Waals surface area contributed by atoms with E-state index < -0.39 is 17.6 Å². The Morgan fingerprint density at radius 2 is 1.78 bits per heavy atom. The van der Waals surface area contributed by atoms with Crippen LogP contribution in [0.1, 0.15) is 64.5 Å². The van der Waals surface area contributed by atoms with Crippen molar-refractivity contribution in [3.63, 3.8) is 0 Å².